The van der Waals surface area contributed by atoms with Crippen LogP contribution in [-0.4, -0.2) is 45.4 Å². The van der Waals surface area contributed by atoms with Crippen molar-refractivity contribution in [1.29, 1.82) is 0 Å². The van der Waals surface area contributed by atoms with Crippen LogP contribution in [0.1, 0.15) is 37.7 Å². The molecule has 0 fully saturated rings. The van der Waals surface area contributed by atoms with Gasteiger partial charge in [-0.3, -0.25) is 14.6 Å². The molecule has 0 bridgehead atoms. The van der Waals surface area contributed by atoms with Gasteiger partial charge in [-0.05, 0) is 25.8 Å². The number of ketones is 1. The molecule has 0 spiro atoms. The zero-order valence-electron chi connectivity index (χ0n) is 17.8. The molecule has 1 heterocycles. The second kappa shape index (κ2) is 9.15. The molecule has 2 atom stereocenters. The van der Waals surface area contributed by atoms with Crippen molar-refractivity contribution in [2.24, 2.45) is 10.9 Å². The third-order valence-corrected chi connectivity index (χ3v) is 5.50. The number of allylic oxidation sites excluding steroid dienone is 2. The molecule has 0 saturated heterocycles. The Morgan fingerprint density at radius 1 is 1.17 bits per heavy atom. The minimum Gasteiger partial charge on any atom is -0.493 e. The van der Waals surface area contributed by atoms with Crippen molar-refractivity contribution >= 4 is 17.5 Å². The lowest BCUT2D eigenvalue weighted by atomic mass is 9.71. The highest BCUT2D eigenvalue weighted by atomic mass is 16.5. The van der Waals surface area contributed by atoms with Gasteiger partial charge in [-0.25, -0.2) is 0 Å². The molecule has 1 aliphatic heterocycles. The molecule has 2 aliphatic rings. The maximum Gasteiger partial charge on any atom is 0.315 e. The standard InChI is InChI=1S/C23H27NO6/c1-6-12-30-23(26)18-13(2)24-15-8-7-9-16(25)20(15)19(18)14-10-11-17(27-3)22(29-5)21(14)28-4/h6,10-11,18-19H,1,7-9,12H2,2-5H3/t18?,19-/m0/s1. The summed E-state index contributed by atoms with van der Waals surface area (Å²) in [5.41, 5.74) is 2.56. The lowest BCUT2D eigenvalue weighted by Crippen LogP contribution is -2.37. The Balaban J connectivity index is 2.24. The summed E-state index contributed by atoms with van der Waals surface area (Å²) >= 11 is 0. The van der Waals surface area contributed by atoms with E-state index in [9.17, 15) is 9.59 Å². The van der Waals surface area contributed by atoms with E-state index < -0.39 is 17.8 Å². The van der Waals surface area contributed by atoms with E-state index in [2.05, 4.69) is 11.6 Å². The van der Waals surface area contributed by atoms with Crippen LogP contribution in [0.25, 0.3) is 0 Å². The Labute approximate surface area is 176 Å². The average molecular weight is 413 g/mol. The number of nitrogens with zero attached hydrogens (tertiary/aromatic N) is 1. The highest BCUT2D eigenvalue weighted by Gasteiger charge is 2.44. The molecular formula is C23H27NO6. The number of benzene rings is 1. The van der Waals surface area contributed by atoms with Crippen molar-refractivity contribution in [3.63, 3.8) is 0 Å². The maximum absolute atomic E-state index is 13.0. The zero-order valence-corrected chi connectivity index (χ0v) is 17.8. The first-order valence-corrected chi connectivity index (χ1v) is 9.86. The van der Waals surface area contributed by atoms with Gasteiger partial charge in [-0.2, -0.15) is 0 Å². The second-order valence-corrected chi connectivity index (χ2v) is 7.19. The van der Waals surface area contributed by atoms with Gasteiger partial charge in [-0.1, -0.05) is 18.7 Å². The van der Waals surface area contributed by atoms with E-state index >= 15 is 0 Å². The highest BCUT2D eigenvalue weighted by molar-refractivity contribution is 6.09. The fourth-order valence-electron chi connectivity index (χ4n) is 4.25. The largest absolute Gasteiger partial charge is 0.493 e. The van der Waals surface area contributed by atoms with Gasteiger partial charge in [0.15, 0.2) is 17.3 Å². The summed E-state index contributed by atoms with van der Waals surface area (Å²) in [4.78, 5) is 30.6. The topological polar surface area (TPSA) is 83.4 Å². The fourth-order valence-corrected chi connectivity index (χ4v) is 4.25. The van der Waals surface area contributed by atoms with Crippen LogP contribution in [0.2, 0.25) is 0 Å². The molecule has 160 valence electrons. The molecule has 0 N–H and O–H groups in total. The molecule has 7 nitrogen and oxygen atoms in total. The molecule has 0 amide bonds. The average Bonchev–Trinajstić information content (AvgIpc) is 2.75. The van der Waals surface area contributed by atoms with Crippen molar-refractivity contribution in [2.75, 3.05) is 27.9 Å². The molecular weight excluding hydrogens is 386 g/mol. The van der Waals surface area contributed by atoms with Gasteiger partial charge < -0.3 is 18.9 Å². The zero-order chi connectivity index (χ0) is 21.8. The van der Waals surface area contributed by atoms with E-state index in [1.54, 1.807) is 13.0 Å². The fraction of sp³-hybridized carbons (Fsp3) is 0.435. The van der Waals surface area contributed by atoms with Crippen LogP contribution >= 0.6 is 0 Å². The summed E-state index contributed by atoms with van der Waals surface area (Å²) in [5, 5.41) is 0. The minimum atomic E-state index is -0.752. The second-order valence-electron chi connectivity index (χ2n) is 7.19. The first-order chi connectivity index (χ1) is 14.5. The predicted octanol–water partition coefficient (Wildman–Crippen LogP) is 3.62. The van der Waals surface area contributed by atoms with Crippen LogP contribution in [0.3, 0.4) is 0 Å². The number of carbonyl (C=O) groups excluding carboxylic acids is 2. The molecule has 1 unspecified atom stereocenters. The van der Waals surface area contributed by atoms with Gasteiger partial charge in [-0.15, -0.1) is 0 Å². The molecule has 0 aromatic heterocycles. The summed E-state index contributed by atoms with van der Waals surface area (Å²) in [6, 6.07) is 3.56. The number of rotatable bonds is 7. The molecule has 1 aromatic rings. The normalized spacial score (nSPS) is 20.8. The van der Waals surface area contributed by atoms with E-state index in [-0.39, 0.29) is 12.4 Å². The van der Waals surface area contributed by atoms with Gasteiger partial charge in [0.25, 0.3) is 0 Å². The molecule has 3 rings (SSSR count). The number of methoxy groups -OCH3 is 3. The SMILES string of the molecule is C=CCOC(=O)C1C(C)=NC2=C(C(=O)CCC2)[C@H]1c1ccc(OC)c(OC)c1OC. The lowest BCUT2D eigenvalue weighted by molar-refractivity contribution is -0.145. The third kappa shape index (κ3) is 3.72. The van der Waals surface area contributed by atoms with Crippen LogP contribution in [0, 0.1) is 5.92 Å². The summed E-state index contributed by atoms with van der Waals surface area (Å²) in [6.07, 6.45) is 3.37. The van der Waals surface area contributed by atoms with Crippen LogP contribution < -0.4 is 14.2 Å². The van der Waals surface area contributed by atoms with Crippen LogP contribution in [-0.2, 0) is 14.3 Å². The number of ether oxygens (including phenoxy) is 4. The first-order valence-electron chi connectivity index (χ1n) is 9.86. The van der Waals surface area contributed by atoms with Gasteiger partial charge in [0.1, 0.15) is 12.5 Å². The van der Waals surface area contributed by atoms with E-state index in [4.69, 9.17) is 18.9 Å². The van der Waals surface area contributed by atoms with Crippen molar-refractivity contribution in [3.05, 3.63) is 41.6 Å². The summed E-state index contributed by atoms with van der Waals surface area (Å²) < 4.78 is 22.0. The summed E-state index contributed by atoms with van der Waals surface area (Å²) in [7, 11) is 4.58. The van der Waals surface area contributed by atoms with Crippen molar-refractivity contribution < 1.29 is 28.5 Å². The van der Waals surface area contributed by atoms with Crippen LogP contribution in [0.15, 0.2) is 41.1 Å². The predicted molar refractivity (Wildman–Crippen MR) is 112 cm³/mol. The van der Waals surface area contributed by atoms with Gasteiger partial charge >= 0.3 is 5.97 Å². The molecule has 1 aliphatic carbocycles. The smallest absolute Gasteiger partial charge is 0.315 e. The van der Waals surface area contributed by atoms with Crippen LogP contribution in [0.4, 0.5) is 0 Å². The number of hydrogen-bond donors (Lipinski definition) is 0. The Bertz CT molecular complexity index is 930. The van der Waals surface area contributed by atoms with Crippen molar-refractivity contribution in [3.8, 4) is 17.2 Å². The number of Topliss-reactive ketones (excluding diaryl/α,β-unsaturated/α-hetero) is 1. The number of hydrogen-bond acceptors (Lipinski definition) is 7. The number of carbonyl (C=O) groups is 2. The Hall–Kier alpha value is -3.09. The van der Waals surface area contributed by atoms with Gasteiger partial charge in [0.2, 0.25) is 5.75 Å². The van der Waals surface area contributed by atoms with Crippen LogP contribution in [0.5, 0.6) is 17.2 Å². The number of aliphatic imine (C=N–C) groups is 1. The molecule has 1 aromatic carbocycles. The molecule has 0 radical (unpaired) electrons. The Kier molecular flexibility index (Phi) is 6.59. The lowest BCUT2D eigenvalue weighted by Gasteiger charge is -2.35. The Morgan fingerprint density at radius 3 is 2.53 bits per heavy atom. The van der Waals surface area contributed by atoms with Gasteiger partial charge in [0.05, 0.1) is 21.3 Å². The highest BCUT2D eigenvalue weighted by Crippen LogP contribution is 2.50. The monoisotopic (exact) mass is 413 g/mol. The van der Waals surface area contributed by atoms with E-state index in [0.717, 1.165) is 12.1 Å². The van der Waals surface area contributed by atoms with E-state index in [1.807, 2.05) is 6.07 Å². The summed E-state index contributed by atoms with van der Waals surface area (Å²) in [6.45, 7) is 5.48. The van der Waals surface area contributed by atoms with Crippen molar-refractivity contribution in [1.82, 2.24) is 0 Å². The van der Waals surface area contributed by atoms with E-state index in [0.29, 0.717) is 46.9 Å². The Morgan fingerprint density at radius 2 is 1.90 bits per heavy atom. The van der Waals surface area contributed by atoms with Gasteiger partial charge in [0, 0.05) is 34.9 Å². The molecule has 30 heavy (non-hydrogen) atoms. The van der Waals surface area contributed by atoms with Crippen molar-refractivity contribution in [2.45, 2.75) is 32.1 Å². The molecule has 0 saturated carbocycles. The minimum absolute atomic E-state index is 0.00383. The quantitative estimate of drug-likeness (QED) is 0.501. The summed E-state index contributed by atoms with van der Waals surface area (Å²) in [5.74, 6) is -0.479. The van der Waals surface area contributed by atoms with E-state index in [1.165, 1.54) is 27.4 Å². The maximum atomic E-state index is 13.0. The number of esters is 1. The first kappa shape index (κ1) is 21.6. The third-order valence-electron chi connectivity index (χ3n) is 5.50. The molecule has 7 heteroatoms.